The van der Waals surface area contributed by atoms with Gasteiger partial charge in [-0.1, -0.05) is 27.7 Å². The number of aliphatic hydroxyl groups is 1. The third-order valence-electron chi connectivity index (χ3n) is 5.02. The maximum absolute atomic E-state index is 12.7. The fourth-order valence-corrected chi connectivity index (χ4v) is 3.55. The number of hydrogen-bond acceptors (Lipinski definition) is 6. The number of rotatable bonds is 11. The zero-order valence-corrected chi connectivity index (χ0v) is 18.3. The fraction of sp³-hybridized carbons (Fsp3) is 0.800. The standard InChI is InChI=1S/C20H36N4O6/c1-11(2)8-13(21)19(28)24-7-5-6-16(24)18(27)23-15(10-25)17(26)22-14(20(29)30)9-12(3)4/h11-16,25H,5-10,21H2,1-4H3,(H,22,26)(H,23,27)(H,29,30)/t13-,14-,15-,16-/m0/s1. The topological polar surface area (TPSA) is 162 Å². The lowest BCUT2D eigenvalue weighted by molar-refractivity contribution is -0.143. The maximum atomic E-state index is 12.7. The molecule has 172 valence electrons. The highest BCUT2D eigenvalue weighted by molar-refractivity contribution is 5.94. The van der Waals surface area contributed by atoms with Crippen molar-refractivity contribution < 1.29 is 29.4 Å². The highest BCUT2D eigenvalue weighted by Gasteiger charge is 2.38. The van der Waals surface area contributed by atoms with Gasteiger partial charge in [0.1, 0.15) is 18.1 Å². The summed E-state index contributed by atoms with van der Waals surface area (Å²) in [7, 11) is 0. The Morgan fingerprint density at radius 1 is 1.03 bits per heavy atom. The average molecular weight is 429 g/mol. The van der Waals surface area contributed by atoms with E-state index in [-0.39, 0.29) is 24.2 Å². The molecule has 0 aromatic rings. The molecule has 1 aliphatic rings. The third-order valence-corrected chi connectivity index (χ3v) is 5.02. The van der Waals surface area contributed by atoms with Crippen molar-refractivity contribution in [2.24, 2.45) is 17.6 Å². The van der Waals surface area contributed by atoms with Crippen LogP contribution in [0.5, 0.6) is 0 Å². The SMILES string of the molecule is CC(C)C[C@H](NC(=O)[C@H](CO)NC(=O)[C@@H]1CCCN1C(=O)[C@@H](N)CC(C)C)C(=O)O. The molecule has 3 amide bonds. The van der Waals surface area contributed by atoms with Gasteiger partial charge >= 0.3 is 5.97 Å². The van der Waals surface area contributed by atoms with Crippen LogP contribution < -0.4 is 16.4 Å². The van der Waals surface area contributed by atoms with Crippen LogP contribution in [0, 0.1) is 11.8 Å². The largest absolute Gasteiger partial charge is 0.480 e. The third kappa shape index (κ3) is 7.56. The van der Waals surface area contributed by atoms with Crippen molar-refractivity contribution in [2.75, 3.05) is 13.2 Å². The summed E-state index contributed by atoms with van der Waals surface area (Å²) in [6.45, 7) is 7.25. The first-order valence-electron chi connectivity index (χ1n) is 10.5. The monoisotopic (exact) mass is 428 g/mol. The molecule has 10 heteroatoms. The molecule has 0 spiro atoms. The first-order valence-corrected chi connectivity index (χ1v) is 10.5. The second-order valence-corrected chi connectivity index (χ2v) is 8.70. The molecule has 4 atom stereocenters. The number of amides is 3. The van der Waals surface area contributed by atoms with Gasteiger partial charge in [-0.05, 0) is 37.5 Å². The normalized spacial score (nSPS) is 19.5. The van der Waals surface area contributed by atoms with Crippen LogP contribution in [0.15, 0.2) is 0 Å². The molecule has 1 heterocycles. The van der Waals surface area contributed by atoms with E-state index in [9.17, 15) is 29.4 Å². The van der Waals surface area contributed by atoms with Crippen LogP contribution in [-0.4, -0.2) is 76.1 Å². The zero-order valence-electron chi connectivity index (χ0n) is 18.3. The molecule has 1 rings (SSSR count). The predicted octanol–water partition coefficient (Wildman–Crippen LogP) is -0.557. The van der Waals surface area contributed by atoms with Gasteiger partial charge < -0.3 is 31.5 Å². The Labute approximate surface area is 177 Å². The summed E-state index contributed by atoms with van der Waals surface area (Å²) in [5.41, 5.74) is 5.98. The van der Waals surface area contributed by atoms with Crippen molar-refractivity contribution in [3.05, 3.63) is 0 Å². The Balaban J connectivity index is 2.78. The number of hydrogen-bond donors (Lipinski definition) is 5. The van der Waals surface area contributed by atoms with Crippen molar-refractivity contribution >= 4 is 23.7 Å². The van der Waals surface area contributed by atoms with Crippen molar-refractivity contribution in [3.63, 3.8) is 0 Å². The van der Waals surface area contributed by atoms with Crippen molar-refractivity contribution in [3.8, 4) is 0 Å². The molecular weight excluding hydrogens is 392 g/mol. The van der Waals surface area contributed by atoms with Crippen LogP contribution in [0.4, 0.5) is 0 Å². The number of nitrogens with zero attached hydrogens (tertiary/aromatic N) is 1. The van der Waals surface area contributed by atoms with Gasteiger partial charge in [0, 0.05) is 6.54 Å². The number of aliphatic carboxylic acids is 1. The van der Waals surface area contributed by atoms with Gasteiger partial charge in [-0.15, -0.1) is 0 Å². The van der Waals surface area contributed by atoms with Gasteiger partial charge in [-0.25, -0.2) is 4.79 Å². The van der Waals surface area contributed by atoms with Gasteiger partial charge in [0.25, 0.3) is 0 Å². The van der Waals surface area contributed by atoms with E-state index in [0.29, 0.717) is 25.8 Å². The van der Waals surface area contributed by atoms with Gasteiger partial charge in [0.15, 0.2) is 0 Å². The Morgan fingerprint density at radius 3 is 2.13 bits per heavy atom. The quantitative estimate of drug-likeness (QED) is 0.295. The molecule has 1 aliphatic heterocycles. The molecule has 10 nitrogen and oxygen atoms in total. The number of carbonyl (C=O) groups is 4. The average Bonchev–Trinajstić information content (AvgIpc) is 3.13. The van der Waals surface area contributed by atoms with Crippen LogP contribution in [0.3, 0.4) is 0 Å². The van der Waals surface area contributed by atoms with E-state index in [0.717, 1.165) is 0 Å². The number of carboxylic acids is 1. The van der Waals surface area contributed by atoms with E-state index >= 15 is 0 Å². The van der Waals surface area contributed by atoms with Crippen LogP contribution in [0.2, 0.25) is 0 Å². The fourth-order valence-electron chi connectivity index (χ4n) is 3.55. The molecule has 1 fully saturated rings. The highest BCUT2D eigenvalue weighted by Crippen LogP contribution is 2.20. The summed E-state index contributed by atoms with van der Waals surface area (Å²) in [4.78, 5) is 50.5. The number of aliphatic hydroxyl groups excluding tert-OH is 1. The van der Waals surface area contributed by atoms with Crippen molar-refractivity contribution in [2.45, 2.75) is 77.5 Å². The highest BCUT2D eigenvalue weighted by atomic mass is 16.4. The first-order chi connectivity index (χ1) is 14.0. The number of likely N-dealkylation sites (tertiary alicyclic amines) is 1. The summed E-state index contributed by atoms with van der Waals surface area (Å²) in [5.74, 6) is -2.59. The number of nitrogens with one attached hydrogen (secondary N) is 2. The Kier molecular flexibility index (Phi) is 10.2. The lowest BCUT2D eigenvalue weighted by atomic mass is 10.0. The first kappa shape index (κ1) is 25.8. The van der Waals surface area contributed by atoms with Crippen LogP contribution in [-0.2, 0) is 19.2 Å². The van der Waals surface area contributed by atoms with E-state index in [1.165, 1.54) is 4.90 Å². The summed E-state index contributed by atoms with van der Waals surface area (Å²) in [6, 6.07) is -3.92. The summed E-state index contributed by atoms with van der Waals surface area (Å²) >= 11 is 0. The van der Waals surface area contributed by atoms with Crippen molar-refractivity contribution in [1.29, 1.82) is 0 Å². The van der Waals surface area contributed by atoms with E-state index in [1.54, 1.807) is 0 Å². The summed E-state index contributed by atoms with van der Waals surface area (Å²) < 4.78 is 0. The van der Waals surface area contributed by atoms with Gasteiger partial charge in [-0.2, -0.15) is 0 Å². The Morgan fingerprint density at radius 2 is 1.63 bits per heavy atom. The number of carboxylic acid groups (broad SMARTS) is 1. The lowest BCUT2D eigenvalue weighted by Crippen LogP contribution is -2.57. The molecular formula is C20H36N4O6. The van der Waals surface area contributed by atoms with E-state index in [2.05, 4.69) is 10.6 Å². The molecule has 0 aromatic carbocycles. The molecule has 0 radical (unpaired) electrons. The molecule has 0 aromatic heterocycles. The lowest BCUT2D eigenvalue weighted by Gasteiger charge is -2.28. The number of carbonyl (C=O) groups excluding carboxylic acids is 3. The smallest absolute Gasteiger partial charge is 0.326 e. The molecule has 0 aliphatic carbocycles. The second-order valence-electron chi connectivity index (χ2n) is 8.70. The molecule has 6 N–H and O–H groups in total. The molecule has 0 saturated carbocycles. The predicted molar refractivity (Wildman–Crippen MR) is 110 cm³/mol. The maximum Gasteiger partial charge on any atom is 0.326 e. The zero-order chi connectivity index (χ0) is 23.0. The Bertz CT molecular complexity index is 624. The molecule has 30 heavy (non-hydrogen) atoms. The van der Waals surface area contributed by atoms with Crippen LogP contribution >= 0.6 is 0 Å². The Hall–Kier alpha value is -2.20. The van der Waals surface area contributed by atoms with E-state index in [4.69, 9.17) is 5.73 Å². The van der Waals surface area contributed by atoms with Crippen molar-refractivity contribution in [1.82, 2.24) is 15.5 Å². The summed E-state index contributed by atoms with van der Waals surface area (Å²) in [5, 5.41) is 23.6. The molecule has 1 saturated heterocycles. The van der Waals surface area contributed by atoms with Crippen LogP contribution in [0.25, 0.3) is 0 Å². The van der Waals surface area contributed by atoms with Crippen LogP contribution in [0.1, 0.15) is 53.4 Å². The second kappa shape index (κ2) is 11.8. The van der Waals surface area contributed by atoms with Gasteiger partial charge in [0.2, 0.25) is 17.7 Å². The minimum Gasteiger partial charge on any atom is -0.480 e. The minimum atomic E-state index is -1.31. The van der Waals surface area contributed by atoms with E-state index < -0.39 is 48.6 Å². The summed E-state index contributed by atoms with van der Waals surface area (Å²) in [6.07, 6.45) is 1.77. The molecule has 0 bridgehead atoms. The molecule has 0 unspecified atom stereocenters. The number of nitrogens with two attached hydrogens (primary N) is 1. The van der Waals surface area contributed by atoms with Gasteiger partial charge in [-0.3, -0.25) is 14.4 Å². The van der Waals surface area contributed by atoms with Gasteiger partial charge in [0.05, 0.1) is 12.6 Å². The van der Waals surface area contributed by atoms with E-state index in [1.807, 2.05) is 27.7 Å². The minimum absolute atomic E-state index is 0.0293.